The number of carbonyl (C=O) groups excluding carboxylic acids is 1. The van der Waals surface area contributed by atoms with Crippen molar-refractivity contribution >= 4 is 16.8 Å². The van der Waals surface area contributed by atoms with Gasteiger partial charge in [-0.15, -0.1) is 0 Å². The van der Waals surface area contributed by atoms with Crippen molar-refractivity contribution in [3.63, 3.8) is 0 Å². The number of hydrogen-bond acceptors (Lipinski definition) is 4. The second-order valence-electron chi connectivity index (χ2n) is 7.96. The van der Waals surface area contributed by atoms with E-state index in [-0.39, 0.29) is 30.6 Å². The maximum atomic E-state index is 13.0. The number of carbonyl (C=O) groups is 1. The molecular formula is C26H23N3O3. The maximum Gasteiger partial charge on any atom is 0.258 e. The van der Waals surface area contributed by atoms with Crippen molar-refractivity contribution in [3.8, 4) is 0 Å². The molecule has 1 aliphatic heterocycles. The van der Waals surface area contributed by atoms with Crippen molar-refractivity contribution < 1.29 is 9.53 Å². The first-order valence-corrected chi connectivity index (χ1v) is 10.7. The fraction of sp³-hybridized carbons (Fsp3) is 0.192. The number of ether oxygens (including phenoxy) is 1. The van der Waals surface area contributed by atoms with Gasteiger partial charge in [-0.3, -0.25) is 9.59 Å². The third-order valence-corrected chi connectivity index (χ3v) is 5.88. The van der Waals surface area contributed by atoms with Crippen LogP contribution in [0.4, 0.5) is 0 Å². The van der Waals surface area contributed by atoms with Gasteiger partial charge in [0.1, 0.15) is 19.0 Å². The largest absolute Gasteiger partial charge is 0.364 e. The first kappa shape index (κ1) is 20.2. The first-order valence-electron chi connectivity index (χ1n) is 10.7. The summed E-state index contributed by atoms with van der Waals surface area (Å²) in [5, 5.41) is 0.534. The molecule has 0 bridgehead atoms. The smallest absolute Gasteiger partial charge is 0.258 e. The van der Waals surface area contributed by atoms with Crippen LogP contribution in [0.5, 0.6) is 0 Å². The van der Waals surface area contributed by atoms with Crippen molar-refractivity contribution in [2.45, 2.75) is 19.1 Å². The number of nitrogens with one attached hydrogen (secondary N) is 1. The Morgan fingerprint density at radius 3 is 2.62 bits per heavy atom. The van der Waals surface area contributed by atoms with Gasteiger partial charge in [0.2, 0.25) is 5.91 Å². The minimum atomic E-state index is -0.209. The van der Waals surface area contributed by atoms with Crippen LogP contribution in [0.15, 0.2) is 83.7 Å². The lowest BCUT2D eigenvalue weighted by atomic mass is 9.84. The fourth-order valence-electron chi connectivity index (χ4n) is 4.30. The lowest BCUT2D eigenvalue weighted by Crippen LogP contribution is -2.40. The van der Waals surface area contributed by atoms with Crippen LogP contribution in [0, 0.1) is 0 Å². The highest BCUT2D eigenvalue weighted by atomic mass is 16.5. The summed E-state index contributed by atoms with van der Waals surface area (Å²) in [6.45, 7) is 1.17. The normalized spacial score (nSPS) is 15.5. The molecule has 5 rings (SSSR count). The van der Waals surface area contributed by atoms with E-state index in [0.717, 1.165) is 5.56 Å². The molecule has 4 aromatic rings. The van der Waals surface area contributed by atoms with Gasteiger partial charge in [-0.1, -0.05) is 66.7 Å². The van der Waals surface area contributed by atoms with Gasteiger partial charge < -0.3 is 14.6 Å². The zero-order valence-corrected chi connectivity index (χ0v) is 17.5. The number of aromatic nitrogens is 2. The summed E-state index contributed by atoms with van der Waals surface area (Å²) >= 11 is 0. The molecule has 32 heavy (non-hydrogen) atoms. The number of para-hydroxylation sites is 1. The Hall–Kier alpha value is -3.77. The van der Waals surface area contributed by atoms with Crippen molar-refractivity contribution in [1.82, 2.24) is 14.9 Å². The standard InChI is InChI=1S/C26H23N3O3/c30-25(17-32-16-24-27-23-13-7-6-12-21(23)26(31)28-24)29-14-19-10-4-5-11-20(19)22(15-29)18-8-2-1-3-9-18/h1-13,22H,14-17H2,(H,27,28,31)/t22-/m0/s1. The zero-order chi connectivity index (χ0) is 21.9. The van der Waals surface area contributed by atoms with Crippen LogP contribution >= 0.6 is 0 Å². The highest BCUT2D eigenvalue weighted by Gasteiger charge is 2.28. The van der Waals surface area contributed by atoms with Gasteiger partial charge in [0.15, 0.2) is 0 Å². The van der Waals surface area contributed by atoms with Gasteiger partial charge in [-0.2, -0.15) is 0 Å². The maximum absolute atomic E-state index is 13.0. The Morgan fingerprint density at radius 2 is 1.75 bits per heavy atom. The van der Waals surface area contributed by atoms with Gasteiger partial charge in [-0.25, -0.2) is 4.98 Å². The fourth-order valence-corrected chi connectivity index (χ4v) is 4.30. The highest BCUT2D eigenvalue weighted by Crippen LogP contribution is 2.33. The highest BCUT2D eigenvalue weighted by molar-refractivity contribution is 5.78. The van der Waals surface area contributed by atoms with Gasteiger partial charge in [0.25, 0.3) is 5.56 Å². The van der Waals surface area contributed by atoms with Gasteiger partial charge in [0, 0.05) is 19.0 Å². The van der Waals surface area contributed by atoms with Crippen LogP contribution in [0.1, 0.15) is 28.4 Å². The van der Waals surface area contributed by atoms with Crippen LogP contribution in [0.3, 0.4) is 0 Å². The number of fused-ring (bicyclic) bond motifs is 2. The lowest BCUT2D eigenvalue weighted by molar-refractivity contribution is -0.137. The van der Waals surface area contributed by atoms with Crippen molar-refractivity contribution in [1.29, 1.82) is 0 Å². The van der Waals surface area contributed by atoms with Gasteiger partial charge in [0.05, 0.1) is 10.9 Å². The minimum absolute atomic E-state index is 0.0678. The zero-order valence-electron chi connectivity index (χ0n) is 17.5. The molecule has 1 aliphatic rings. The number of nitrogens with zero attached hydrogens (tertiary/aromatic N) is 2. The van der Waals surface area contributed by atoms with Crippen LogP contribution < -0.4 is 5.56 Å². The summed E-state index contributed by atoms with van der Waals surface area (Å²) in [4.78, 5) is 34.2. The predicted octanol–water partition coefficient (Wildman–Crippen LogP) is 3.61. The van der Waals surface area contributed by atoms with E-state index >= 15 is 0 Å². The Balaban J connectivity index is 1.28. The monoisotopic (exact) mass is 425 g/mol. The molecule has 1 atom stereocenters. The summed E-state index contributed by atoms with van der Waals surface area (Å²) in [6.07, 6.45) is 0. The minimum Gasteiger partial charge on any atom is -0.364 e. The topological polar surface area (TPSA) is 75.3 Å². The first-order chi connectivity index (χ1) is 15.7. The van der Waals surface area contributed by atoms with E-state index in [2.05, 4.69) is 34.2 Å². The number of rotatable bonds is 5. The Kier molecular flexibility index (Phi) is 5.52. The number of benzene rings is 3. The molecule has 1 aromatic heterocycles. The van der Waals surface area contributed by atoms with E-state index in [9.17, 15) is 9.59 Å². The van der Waals surface area contributed by atoms with Crippen molar-refractivity contribution in [2.75, 3.05) is 13.2 Å². The summed E-state index contributed by atoms with van der Waals surface area (Å²) in [7, 11) is 0. The second-order valence-corrected chi connectivity index (χ2v) is 7.96. The predicted molar refractivity (Wildman–Crippen MR) is 122 cm³/mol. The third-order valence-electron chi connectivity index (χ3n) is 5.88. The summed E-state index contributed by atoms with van der Waals surface area (Å²) in [6, 6.07) is 25.7. The molecule has 160 valence electrons. The molecule has 0 fully saturated rings. The molecule has 0 aliphatic carbocycles. The quantitative estimate of drug-likeness (QED) is 0.530. The number of amides is 1. The van der Waals surface area contributed by atoms with Crippen molar-refractivity contribution in [3.05, 3.63) is 112 Å². The van der Waals surface area contributed by atoms with E-state index < -0.39 is 0 Å². The summed E-state index contributed by atoms with van der Waals surface area (Å²) in [5.74, 6) is 0.458. The molecule has 6 nitrogen and oxygen atoms in total. The lowest BCUT2D eigenvalue weighted by Gasteiger charge is -2.35. The van der Waals surface area contributed by atoms with Crippen LogP contribution in [-0.4, -0.2) is 33.9 Å². The Labute approximate surface area is 185 Å². The molecule has 1 amide bonds. The molecule has 0 spiro atoms. The number of H-pyrrole nitrogens is 1. The molecule has 0 radical (unpaired) electrons. The molecule has 0 unspecified atom stereocenters. The SMILES string of the molecule is O=C(COCc1nc2ccccc2c(=O)[nH]1)N1Cc2ccccc2[C@H](c2ccccc2)C1. The molecular weight excluding hydrogens is 402 g/mol. The van der Waals surface area contributed by atoms with Gasteiger partial charge in [-0.05, 0) is 28.8 Å². The van der Waals surface area contributed by atoms with E-state index in [4.69, 9.17) is 4.74 Å². The van der Waals surface area contributed by atoms with Crippen LogP contribution in [-0.2, 0) is 22.7 Å². The van der Waals surface area contributed by atoms with E-state index in [1.165, 1.54) is 11.1 Å². The second kappa shape index (κ2) is 8.77. The average molecular weight is 425 g/mol. The Morgan fingerprint density at radius 1 is 1.00 bits per heavy atom. The Bertz CT molecular complexity index is 1320. The third kappa shape index (κ3) is 4.05. The molecule has 0 saturated heterocycles. The van der Waals surface area contributed by atoms with E-state index in [1.807, 2.05) is 41.3 Å². The molecule has 1 N–H and O–H groups in total. The van der Waals surface area contributed by atoms with E-state index in [0.29, 0.717) is 29.8 Å². The summed E-state index contributed by atoms with van der Waals surface area (Å²) < 4.78 is 5.64. The average Bonchev–Trinajstić information content (AvgIpc) is 2.84. The van der Waals surface area contributed by atoms with Crippen LogP contribution in [0.25, 0.3) is 10.9 Å². The number of aromatic amines is 1. The number of hydrogen-bond donors (Lipinski definition) is 1. The van der Waals surface area contributed by atoms with E-state index in [1.54, 1.807) is 18.2 Å². The van der Waals surface area contributed by atoms with Crippen LogP contribution in [0.2, 0.25) is 0 Å². The van der Waals surface area contributed by atoms with Crippen molar-refractivity contribution in [2.24, 2.45) is 0 Å². The molecule has 6 heteroatoms. The molecule has 0 saturated carbocycles. The summed E-state index contributed by atoms with van der Waals surface area (Å²) in [5.41, 5.74) is 4.01. The molecule has 2 heterocycles. The molecule has 3 aromatic carbocycles. The van der Waals surface area contributed by atoms with Gasteiger partial charge >= 0.3 is 0 Å².